The predicted octanol–water partition coefficient (Wildman–Crippen LogP) is 2.46. The molecule has 1 saturated carbocycles. The van der Waals surface area contributed by atoms with Gasteiger partial charge in [-0.2, -0.15) is 0 Å². The summed E-state index contributed by atoms with van der Waals surface area (Å²) in [5.74, 6) is 1.70. The number of hydrogen-bond acceptors (Lipinski definition) is 4. The Bertz CT molecular complexity index is 435. The van der Waals surface area contributed by atoms with E-state index < -0.39 is 0 Å². The van der Waals surface area contributed by atoms with Crippen molar-refractivity contribution in [3.05, 3.63) is 23.8 Å². The van der Waals surface area contributed by atoms with Crippen molar-refractivity contribution in [2.45, 2.75) is 44.4 Å². The van der Waals surface area contributed by atoms with Crippen LogP contribution in [-0.4, -0.2) is 26.0 Å². The van der Waals surface area contributed by atoms with E-state index in [1.807, 2.05) is 13.2 Å². The summed E-state index contributed by atoms with van der Waals surface area (Å²) in [4.78, 5) is 0. The largest absolute Gasteiger partial charge is 0.454 e. The van der Waals surface area contributed by atoms with Gasteiger partial charge in [0.2, 0.25) is 6.79 Å². The SMILES string of the molecule is CO[C@H]1CCCC[C@@H]1NCc1ccc2c(c1)OCO2. The molecule has 2 atom stereocenters. The normalized spacial score (nSPS) is 25.5. The van der Waals surface area contributed by atoms with E-state index in [-0.39, 0.29) is 0 Å². The fraction of sp³-hybridized carbons (Fsp3) is 0.600. The van der Waals surface area contributed by atoms with Crippen LogP contribution in [0.4, 0.5) is 0 Å². The van der Waals surface area contributed by atoms with Crippen LogP contribution in [0.5, 0.6) is 11.5 Å². The van der Waals surface area contributed by atoms with Crippen LogP contribution in [-0.2, 0) is 11.3 Å². The maximum atomic E-state index is 5.56. The Morgan fingerprint density at radius 1 is 1.21 bits per heavy atom. The van der Waals surface area contributed by atoms with Crippen LogP contribution in [0.15, 0.2) is 18.2 Å². The third-order valence-corrected chi connectivity index (χ3v) is 4.01. The number of ether oxygens (including phenoxy) is 3. The van der Waals surface area contributed by atoms with Crippen LogP contribution in [0, 0.1) is 0 Å². The summed E-state index contributed by atoms with van der Waals surface area (Å²) in [7, 11) is 1.81. The molecule has 1 aromatic carbocycles. The van der Waals surface area contributed by atoms with E-state index in [2.05, 4.69) is 17.4 Å². The maximum Gasteiger partial charge on any atom is 0.231 e. The first-order chi connectivity index (χ1) is 9.36. The Hall–Kier alpha value is -1.26. The molecular weight excluding hydrogens is 242 g/mol. The lowest BCUT2D eigenvalue weighted by Gasteiger charge is -2.31. The lowest BCUT2D eigenvalue weighted by Crippen LogP contribution is -2.42. The predicted molar refractivity (Wildman–Crippen MR) is 72.5 cm³/mol. The standard InChI is InChI=1S/C15H21NO3/c1-17-13-5-3-2-4-12(13)16-9-11-6-7-14-15(8-11)19-10-18-14/h6-8,12-13,16H,2-5,9-10H2,1H3/t12-,13-/m0/s1. The zero-order chi connectivity index (χ0) is 13.1. The van der Waals surface area contributed by atoms with Gasteiger partial charge in [-0.25, -0.2) is 0 Å². The second-order valence-corrected chi connectivity index (χ2v) is 5.23. The Morgan fingerprint density at radius 3 is 2.95 bits per heavy atom. The number of hydrogen-bond donors (Lipinski definition) is 1. The van der Waals surface area contributed by atoms with Crippen LogP contribution >= 0.6 is 0 Å². The average molecular weight is 263 g/mol. The number of rotatable bonds is 4. The summed E-state index contributed by atoms with van der Waals surface area (Å²) in [5.41, 5.74) is 1.23. The number of nitrogens with one attached hydrogen (secondary N) is 1. The lowest BCUT2D eigenvalue weighted by atomic mass is 9.92. The van der Waals surface area contributed by atoms with Gasteiger partial charge in [0.15, 0.2) is 11.5 Å². The molecule has 0 bridgehead atoms. The highest BCUT2D eigenvalue weighted by atomic mass is 16.7. The summed E-state index contributed by atoms with van der Waals surface area (Å²) in [5, 5.41) is 3.61. The second-order valence-electron chi connectivity index (χ2n) is 5.23. The smallest absolute Gasteiger partial charge is 0.231 e. The van der Waals surface area contributed by atoms with E-state index in [1.165, 1.54) is 24.8 Å². The molecule has 0 aromatic heterocycles. The monoisotopic (exact) mass is 263 g/mol. The maximum absolute atomic E-state index is 5.56. The van der Waals surface area contributed by atoms with E-state index in [0.717, 1.165) is 24.5 Å². The molecular formula is C15H21NO3. The molecule has 1 aliphatic carbocycles. The van der Waals surface area contributed by atoms with Crippen molar-refractivity contribution in [3.63, 3.8) is 0 Å². The van der Waals surface area contributed by atoms with Crippen molar-refractivity contribution in [2.24, 2.45) is 0 Å². The first kappa shape index (κ1) is 12.8. The van der Waals surface area contributed by atoms with Crippen molar-refractivity contribution in [1.82, 2.24) is 5.32 Å². The molecule has 19 heavy (non-hydrogen) atoms. The molecule has 0 saturated heterocycles. The summed E-state index contributed by atoms with van der Waals surface area (Å²) >= 11 is 0. The Balaban J connectivity index is 1.59. The zero-order valence-corrected chi connectivity index (χ0v) is 11.4. The highest BCUT2D eigenvalue weighted by molar-refractivity contribution is 5.44. The van der Waals surface area contributed by atoms with E-state index in [1.54, 1.807) is 0 Å². The topological polar surface area (TPSA) is 39.7 Å². The van der Waals surface area contributed by atoms with Crippen LogP contribution < -0.4 is 14.8 Å². The molecule has 0 amide bonds. The Labute approximate surface area is 114 Å². The highest BCUT2D eigenvalue weighted by Gasteiger charge is 2.24. The summed E-state index contributed by atoms with van der Waals surface area (Å²) in [6.45, 7) is 1.18. The van der Waals surface area contributed by atoms with E-state index in [0.29, 0.717) is 18.9 Å². The number of fused-ring (bicyclic) bond motifs is 1. The van der Waals surface area contributed by atoms with Gasteiger partial charge in [0.1, 0.15) is 0 Å². The second kappa shape index (κ2) is 5.80. The van der Waals surface area contributed by atoms with Gasteiger partial charge < -0.3 is 19.5 Å². The van der Waals surface area contributed by atoms with E-state index in [4.69, 9.17) is 14.2 Å². The fourth-order valence-electron chi connectivity index (χ4n) is 2.91. The molecule has 3 rings (SSSR count). The Kier molecular flexibility index (Phi) is 3.89. The molecule has 4 nitrogen and oxygen atoms in total. The van der Waals surface area contributed by atoms with Crippen LogP contribution in [0.3, 0.4) is 0 Å². The first-order valence-corrected chi connectivity index (χ1v) is 7.01. The highest BCUT2D eigenvalue weighted by Crippen LogP contribution is 2.32. The molecule has 1 aromatic rings. The van der Waals surface area contributed by atoms with Gasteiger partial charge >= 0.3 is 0 Å². The van der Waals surface area contributed by atoms with Gasteiger partial charge in [-0.1, -0.05) is 18.9 Å². The third kappa shape index (κ3) is 2.85. The van der Waals surface area contributed by atoms with Crippen molar-refractivity contribution in [3.8, 4) is 11.5 Å². The van der Waals surface area contributed by atoms with Gasteiger partial charge in [-0.05, 0) is 30.5 Å². The molecule has 104 valence electrons. The minimum absolute atomic E-state index is 0.334. The minimum atomic E-state index is 0.334. The van der Waals surface area contributed by atoms with Crippen LogP contribution in [0.1, 0.15) is 31.2 Å². The average Bonchev–Trinajstić information content (AvgIpc) is 2.93. The van der Waals surface area contributed by atoms with Crippen molar-refractivity contribution in [2.75, 3.05) is 13.9 Å². The van der Waals surface area contributed by atoms with Crippen molar-refractivity contribution in [1.29, 1.82) is 0 Å². The first-order valence-electron chi connectivity index (χ1n) is 7.01. The van der Waals surface area contributed by atoms with Crippen LogP contribution in [0.25, 0.3) is 0 Å². The quantitative estimate of drug-likeness (QED) is 0.906. The molecule has 1 heterocycles. The minimum Gasteiger partial charge on any atom is -0.454 e. The lowest BCUT2D eigenvalue weighted by molar-refractivity contribution is 0.0413. The van der Waals surface area contributed by atoms with Gasteiger partial charge in [0.25, 0.3) is 0 Å². The summed E-state index contributed by atoms with van der Waals surface area (Å²) < 4.78 is 16.3. The summed E-state index contributed by atoms with van der Waals surface area (Å²) in [6.07, 6.45) is 5.28. The number of methoxy groups -OCH3 is 1. The number of benzene rings is 1. The third-order valence-electron chi connectivity index (χ3n) is 4.01. The molecule has 0 spiro atoms. The molecule has 1 fully saturated rings. The van der Waals surface area contributed by atoms with E-state index >= 15 is 0 Å². The molecule has 2 aliphatic rings. The zero-order valence-electron chi connectivity index (χ0n) is 11.4. The molecule has 0 unspecified atom stereocenters. The molecule has 0 radical (unpaired) electrons. The summed E-state index contributed by atoms with van der Waals surface area (Å²) in [6, 6.07) is 6.59. The molecule has 1 N–H and O–H groups in total. The molecule has 4 heteroatoms. The van der Waals surface area contributed by atoms with Crippen molar-refractivity contribution < 1.29 is 14.2 Å². The van der Waals surface area contributed by atoms with Gasteiger partial charge in [-0.15, -0.1) is 0 Å². The van der Waals surface area contributed by atoms with Gasteiger partial charge in [-0.3, -0.25) is 0 Å². The molecule has 1 aliphatic heterocycles. The fourth-order valence-corrected chi connectivity index (χ4v) is 2.91. The van der Waals surface area contributed by atoms with Crippen LogP contribution in [0.2, 0.25) is 0 Å². The van der Waals surface area contributed by atoms with Crippen molar-refractivity contribution >= 4 is 0 Å². The van der Waals surface area contributed by atoms with Gasteiger partial charge in [0, 0.05) is 19.7 Å². The Morgan fingerprint density at radius 2 is 2.05 bits per heavy atom. The van der Waals surface area contributed by atoms with Gasteiger partial charge in [0.05, 0.1) is 6.10 Å². The van der Waals surface area contributed by atoms with E-state index in [9.17, 15) is 0 Å².